The molecule has 24 heavy (non-hydrogen) atoms. The highest BCUT2D eigenvalue weighted by Gasteiger charge is 2.19. The molecule has 0 aliphatic carbocycles. The summed E-state index contributed by atoms with van der Waals surface area (Å²) in [7, 11) is -0.683. The van der Waals surface area contributed by atoms with Gasteiger partial charge in [0, 0.05) is 30.3 Å². The Hall–Kier alpha value is -2.39. The van der Waals surface area contributed by atoms with Crippen molar-refractivity contribution >= 4 is 27.0 Å². The number of hydrogen-bond donors (Lipinski definition) is 1. The predicted molar refractivity (Wildman–Crippen MR) is 90.3 cm³/mol. The summed E-state index contributed by atoms with van der Waals surface area (Å²) < 4.78 is 47.6. The molecule has 0 amide bonds. The highest BCUT2D eigenvalue weighted by molar-refractivity contribution is 7.94. The van der Waals surface area contributed by atoms with E-state index in [2.05, 4.69) is 9.82 Å². The maximum atomic E-state index is 13.7. The quantitative estimate of drug-likeness (QED) is 0.752. The molecule has 2 heterocycles. The van der Waals surface area contributed by atoms with Crippen molar-refractivity contribution in [3.05, 3.63) is 47.7 Å². The number of methoxy groups -OCH3 is 1. The van der Waals surface area contributed by atoms with Crippen molar-refractivity contribution in [1.29, 1.82) is 0 Å². The minimum atomic E-state index is -3.80. The molecule has 0 spiro atoms. The van der Waals surface area contributed by atoms with Gasteiger partial charge in [-0.25, -0.2) is 12.8 Å². The molecule has 0 aliphatic rings. The van der Waals surface area contributed by atoms with Crippen LogP contribution < -0.4 is 9.46 Å². The van der Waals surface area contributed by atoms with E-state index in [9.17, 15) is 12.8 Å². The van der Waals surface area contributed by atoms with Crippen LogP contribution in [0.4, 0.5) is 10.1 Å². The van der Waals surface area contributed by atoms with E-state index in [1.807, 2.05) is 0 Å². The van der Waals surface area contributed by atoms with Crippen LogP contribution in [-0.4, -0.2) is 25.3 Å². The summed E-state index contributed by atoms with van der Waals surface area (Å²) >= 11 is 1.08. The van der Waals surface area contributed by atoms with Crippen LogP contribution >= 0.6 is 11.3 Å². The van der Waals surface area contributed by atoms with Crippen molar-refractivity contribution in [3.63, 3.8) is 0 Å². The molecular formula is C15H14FN3O3S2. The molecule has 0 saturated heterocycles. The van der Waals surface area contributed by atoms with Gasteiger partial charge in [0.25, 0.3) is 10.0 Å². The Labute approximate surface area is 142 Å². The average Bonchev–Trinajstić information content (AvgIpc) is 3.16. The van der Waals surface area contributed by atoms with E-state index in [0.29, 0.717) is 0 Å². The molecule has 0 bridgehead atoms. The lowest BCUT2D eigenvalue weighted by Gasteiger charge is -2.08. The fraction of sp³-hybridized carbons (Fsp3) is 0.133. The van der Waals surface area contributed by atoms with Crippen molar-refractivity contribution in [2.75, 3.05) is 11.8 Å². The van der Waals surface area contributed by atoms with Gasteiger partial charge in [0.15, 0.2) is 11.6 Å². The molecule has 0 unspecified atom stereocenters. The van der Waals surface area contributed by atoms with Crippen molar-refractivity contribution < 1.29 is 17.5 Å². The van der Waals surface area contributed by atoms with E-state index in [4.69, 9.17) is 4.74 Å². The Morgan fingerprint density at radius 1 is 1.29 bits per heavy atom. The standard InChI is InChI=1S/C15H14FN3O3S2/c1-19-13(5-6-17-19)10-7-15(23-9-10)24(20,21)18-11-3-4-14(22-2)12(16)8-11/h3-9,18H,1-2H3. The number of aryl methyl sites for hydroxylation is 1. The minimum Gasteiger partial charge on any atom is -0.494 e. The average molecular weight is 367 g/mol. The third kappa shape index (κ3) is 3.13. The van der Waals surface area contributed by atoms with E-state index >= 15 is 0 Å². The number of sulfonamides is 1. The topological polar surface area (TPSA) is 73.2 Å². The van der Waals surface area contributed by atoms with E-state index in [1.165, 1.54) is 19.2 Å². The van der Waals surface area contributed by atoms with E-state index in [-0.39, 0.29) is 15.6 Å². The molecule has 3 rings (SSSR count). The molecular weight excluding hydrogens is 353 g/mol. The monoisotopic (exact) mass is 367 g/mol. The summed E-state index contributed by atoms with van der Waals surface area (Å²) in [4.78, 5) is 0. The number of aromatic nitrogens is 2. The Balaban J connectivity index is 1.87. The lowest BCUT2D eigenvalue weighted by atomic mass is 10.2. The zero-order valence-corrected chi connectivity index (χ0v) is 14.5. The van der Waals surface area contributed by atoms with Crippen LogP contribution in [-0.2, 0) is 17.1 Å². The number of ether oxygens (including phenoxy) is 1. The molecule has 0 aliphatic heterocycles. The molecule has 6 nitrogen and oxygen atoms in total. The first kappa shape index (κ1) is 16.5. The number of benzene rings is 1. The highest BCUT2D eigenvalue weighted by Crippen LogP contribution is 2.30. The van der Waals surface area contributed by atoms with Crippen molar-refractivity contribution in [2.24, 2.45) is 7.05 Å². The number of nitrogens with zero attached hydrogens (tertiary/aromatic N) is 2. The smallest absolute Gasteiger partial charge is 0.271 e. The van der Waals surface area contributed by atoms with Gasteiger partial charge in [-0.15, -0.1) is 11.3 Å². The summed E-state index contributed by atoms with van der Waals surface area (Å²) in [5, 5.41) is 5.80. The normalized spacial score (nSPS) is 11.5. The molecule has 0 radical (unpaired) electrons. The first-order valence-electron chi connectivity index (χ1n) is 6.84. The number of hydrogen-bond acceptors (Lipinski definition) is 5. The Morgan fingerprint density at radius 3 is 2.71 bits per heavy atom. The fourth-order valence-electron chi connectivity index (χ4n) is 2.18. The van der Waals surface area contributed by atoms with Crippen molar-refractivity contribution in [3.8, 4) is 17.0 Å². The number of halogens is 1. The van der Waals surface area contributed by atoms with Crippen molar-refractivity contribution in [2.45, 2.75) is 4.21 Å². The molecule has 1 aromatic carbocycles. The van der Waals surface area contributed by atoms with Crippen LogP contribution in [0.15, 0.2) is 46.1 Å². The summed E-state index contributed by atoms with van der Waals surface area (Å²) in [5.41, 5.74) is 1.69. The number of nitrogens with one attached hydrogen (secondary N) is 1. The van der Waals surface area contributed by atoms with E-state index in [0.717, 1.165) is 28.7 Å². The Bertz CT molecular complexity index is 980. The molecule has 9 heteroatoms. The molecule has 0 saturated carbocycles. The zero-order valence-electron chi connectivity index (χ0n) is 12.9. The molecule has 126 valence electrons. The second-order valence-electron chi connectivity index (χ2n) is 4.95. The van der Waals surface area contributed by atoms with Crippen LogP contribution in [0.3, 0.4) is 0 Å². The highest BCUT2D eigenvalue weighted by atomic mass is 32.2. The molecule has 2 aromatic heterocycles. The molecule has 0 atom stereocenters. The summed E-state index contributed by atoms with van der Waals surface area (Å²) in [6.07, 6.45) is 1.64. The molecule has 1 N–H and O–H groups in total. The minimum absolute atomic E-state index is 0.0487. The SMILES string of the molecule is COc1ccc(NS(=O)(=O)c2cc(-c3ccnn3C)cs2)cc1F. The summed E-state index contributed by atoms with van der Waals surface area (Å²) in [6, 6.07) is 7.23. The fourth-order valence-corrected chi connectivity index (χ4v) is 4.41. The lowest BCUT2D eigenvalue weighted by Crippen LogP contribution is -2.11. The molecule has 3 aromatic rings. The van der Waals surface area contributed by atoms with Crippen LogP contribution in [0, 0.1) is 5.82 Å². The van der Waals surface area contributed by atoms with Crippen molar-refractivity contribution in [1.82, 2.24) is 9.78 Å². The molecule has 0 fully saturated rings. The second kappa shape index (κ2) is 6.25. The third-order valence-electron chi connectivity index (χ3n) is 3.36. The van der Waals surface area contributed by atoms with E-state index in [1.54, 1.807) is 35.4 Å². The number of rotatable bonds is 5. The van der Waals surface area contributed by atoms with Gasteiger partial charge in [-0.3, -0.25) is 9.40 Å². The van der Waals surface area contributed by atoms with Gasteiger partial charge in [-0.1, -0.05) is 0 Å². The summed E-state index contributed by atoms with van der Waals surface area (Å²) in [5.74, 6) is -0.591. The number of anilines is 1. The predicted octanol–water partition coefficient (Wildman–Crippen LogP) is 3.10. The second-order valence-corrected chi connectivity index (χ2v) is 7.77. The summed E-state index contributed by atoms with van der Waals surface area (Å²) in [6.45, 7) is 0. The van der Waals surface area contributed by atoms with Gasteiger partial charge in [0.2, 0.25) is 0 Å². The van der Waals surface area contributed by atoms with Gasteiger partial charge in [-0.2, -0.15) is 5.10 Å². The van der Waals surface area contributed by atoms with Gasteiger partial charge < -0.3 is 4.74 Å². The first-order chi connectivity index (χ1) is 11.4. The Kier molecular flexibility index (Phi) is 4.29. The maximum absolute atomic E-state index is 13.7. The van der Waals surface area contributed by atoms with Gasteiger partial charge >= 0.3 is 0 Å². The maximum Gasteiger partial charge on any atom is 0.271 e. The Morgan fingerprint density at radius 2 is 2.08 bits per heavy atom. The van der Waals surface area contributed by atoms with Gasteiger partial charge in [-0.05, 0) is 24.3 Å². The van der Waals surface area contributed by atoms with Gasteiger partial charge in [0.1, 0.15) is 4.21 Å². The van der Waals surface area contributed by atoms with Crippen LogP contribution in [0.5, 0.6) is 5.75 Å². The van der Waals surface area contributed by atoms with Crippen LogP contribution in [0.1, 0.15) is 0 Å². The number of thiophene rings is 1. The van der Waals surface area contributed by atoms with Gasteiger partial charge in [0.05, 0.1) is 18.5 Å². The lowest BCUT2D eigenvalue weighted by molar-refractivity contribution is 0.386. The van der Waals surface area contributed by atoms with Crippen LogP contribution in [0.2, 0.25) is 0 Å². The van der Waals surface area contributed by atoms with Crippen LogP contribution in [0.25, 0.3) is 11.3 Å². The third-order valence-corrected chi connectivity index (χ3v) is 6.18. The zero-order chi connectivity index (χ0) is 17.3. The largest absolute Gasteiger partial charge is 0.494 e. The van der Waals surface area contributed by atoms with E-state index < -0.39 is 15.8 Å². The first-order valence-corrected chi connectivity index (χ1v) is 9.20.